The molecule has 0 bridgehead atoms. The van der Waals surface area contributed by atoms with Crippen LogP contribution >= 0.6 is 0 Å². The van der Waals surface area contributed by atoms with Crippen LogP contribution in [0.4, 0.5) is 0 Å². The van der Waals surface area contributed by atoms with E-state index in [4.69, 9.17) is 9.26 Å². The Balaban J connectivity index is 1.48. The number of ether oxygens (including phenoxy) is 1. The number of fused-ring (bicyclic) bond motifs is 1. The quantitative estimate of drug-likeness (QED) is 0.685. The lowest BCUT2D eigenvalue weighted by Crippen LogP contribution is -2.27. The van der Waals surface area contributed by atoms with E-state index in [1.807, 2.05) is 17.6 Å². The number of carbonyl (C=O) groups is 1. The molecule has 0 unspecified atom stereocenters. The van der Waals surface area contributed by atoms with E-state index < -0.39 is 17.3 Å². The summed E-state index contributed by atoms with van der Waals surface area (Å²) < 4.78 is 12.5. The minimum Gasteiger partial charge on any atom is -0.477 e. The number of benzene rings is 1. The molecule has 8 nitrogen and oxygen atoms in total. The summed E-state index contributed by atoms with van der Waals surface area (Å²) in [6.45, 7) is 2.81. The molecule has 6 rings (SSSR count). The zero-order chi connectivity index (χ0) is 20.7. The lowest BCUT2D eigenvalue weighted by molar-refractivity contribution is -0.0132. The molecule has 2 aromatic heterocycles. The van der Waals surface area contributed by atoms with E-state index >= 15 is 0 Å². The van der Waals surface area contributed by atoms with Gasteiger partial charge in [-0.25, -0.2) is 9.59 Å². The molecule has 3 aliphatic rings. The molecule has 2 N–H and O–H groups in total. The van der Waals surface area contributed by atoms with E-state index in [9.17, 15) is 14.7 Å². The topological polar surface area (TPSA) is 110 Å². The van der Waals surface area contributed by atoms with Crippen LogP contribution in [-0.4, -0.2) is 38.0 Å². The molecule has 30 heavy (non-hydrogen) atoms. The van der Waals surface area contributed by atoms with Gasteiger partial charge in [-0.1, -0.05) is 18.1 Å². The fourth-order valence-corrected chi connectivity index (χ4v) is 5.45. The normalized spacial score (nSPS) is 29.4. The summed E-state index contributed by atoms with van der Waals surface area (Å²) in [4.78, 5) is 26.4. The van der Waals surface area contributed by atoms with E-state index in [1.165, 1.54) is 5.56 Å². The molecule has 1 spiro atoms. The highest BCUT2D eigenvalue weighted by atomic mass is 16.5. The van der Waals surface area contributed by atoms with Gasteiger partial charge in [0.15, 0.2) is 5.82 Å². The standard InChI is InChI=1S/C22H23N3O5/c1-12-10-22(12,19-23-20(28)30-24-19)25-16-3-2-13(8-15(16)9-17(25)18(26)27)14-4-7-29-21(11-14)5-6-21/h2-3,8-9,12,14H,4-7,10-11H2,1H3,(H,26,27)(H,23,24,28)/t12-,14-,22+/m0/s1. The number of H-pyrrole nitrogens is 1. The number of carboxylic acids is 1. The lowest BCUT2D eigenvalue weighted by Gasteiger charge is -2.30. The average Bonchev–Trinajstić information content (AvgIpc) is 3.49. The number of hydrogen-bond acceptors (Lipinski definition) is 5. The van der Waals surface area contributed by atoms with Gasteiger partial charge in [0, 0.05) is 17.5 Å². The zero-order valence-corrected chi connectivity index (χ0v) is 16.7. The van der Waals surface area contributed by atoms with Crippen molar-refractivity contribution in [1.29, 1.82) is 0 Å². The van der Waals surface area contributed by atoms with Crippen LogP contribution in [0.25, 0.3) is 10.9 Å². The number of carboxylic acid groups (broad SMARTS) is 1. The molecule has 3 heterocycles. The highest BCUT2D eigenvalue weighted by molar-refractivity contribution is 5.95. The SMILES string of the molecule is C[C@H]1C[C@@]1(c1noc(=O)[nH]1)n1c(C(=O)O)cc2cc([C@H]3CCOC4(CC4)C3)ccc21. The van der Waals surface area contributed by atoms with Gasteiger partial charge >= 0.3 is 11.7 Å². The number of aromatic nitrogens is 3. The first-order valence-electron chi connectivity index (χ1n) is 10.5. The summed E-state index contributed by atoms with van der Waals surface area (Å²) >= 11 is 0. The third-order valence-electron chi connectivity index (χ3n) is 7.34. The van der Waals surface area contributed by atoms with Crippen LogP contribution in [0.2, 0.25) is 0 Å². The molecule has 3 aromatic rings. The van der Waals surface area contributed by atoms with Gasteiger partial charge in [-0.3, -0.25) is 9.51 Å². The van der Waals surface area contributed by atoms with Crippen LogP contribution in [0.15, 0.2) is 33.6 Å². The largest absolute Gasteiger partial charge is 0.477 e. The summed E-state index contributed by atoms with van der Waals surface area (Å²) in [5.74, 6) is -0.698. The third-order valence-corrected chi connectivity index (χ3v) is 7.34. The van der Waals surface area contributed by atoms with E-state index in [0.717, 1.165) is 43.2 Å². The van der Waals surface area contributed by atoms with Gasteiger partial charge in [0.2, 0.25) is 0 Å². The fraction of sp³-hybridized carbons (Fsp3) is 0.500. The van der Waals surface area contributed by atoms with Crippen molar-refractivity contribution in [3.8, 4) is 0 Å². The Morgan fingerprint density at radius 3 is 2.73 bits per heavy atom. The summed E-state index contributed by atoms with van der Waals surface area (Å²) in [5, 5.41) is 14.7. The third kappa shape index (κ3) is 2.46. The van der Waals surface area contributed by atoms with Crippen LogP contribution in [0, 0.1) is 5.92 Å². The van der Waals surface area contributed by atoms with Crippen molar-refractivity contribution in [2.24, 2.45) is 5.92 Å². The Morgan fingerprint density at radius 1 is 1.30 bits per heavy atom. The Bertz CT molecular complexity index is 1230. The molecular weight excluding hydrogens is 386 g/mol. The van der Waals surface area contributed by atoms with Crippen LogP contribution < -0.4 is 5.76 Å². The van der Waals surface area contributed by atoms with E-state index in [0.29, 0.717) is 18.2 Å². The maximum Gasteiger partial charge on any atom is 0.438 e. The van der Waals surface area contributed by atoms with Crippen molar-refractivity contribution < 1.29 is 19.2 Å². The fourth-order valence-electron chi connectivity index (χ4n) is 5.45. The minimum absolute atomic E-state index is 0.0857. The highest BCUT2D eigenvalue weighted by Gasteiger charge is 2.59. The number of rotatable bonds is 4. The predicted molar refractivity (Wildman–Crippen MR) is 107 cm³/mol. The maximum atomic E-state index is 12.1. The molecule has 2 aliphatic carbocycles. The minimum atomic E-state index is -1.000. The van der Waals surface area contributed by atoms with Crippen molar-refractivity contribution in [3.63, 3.8) is 0 Å². The van der Waals surface area contributed by atoms with Gasteiger partial charge in [0.1, 0.15) is 11.2 Å². The van der Waals surface area contributed by atoms with Gasteiger partial charge in [-0.15, -0.1) is 0 Å². The number of aromatic carboxylic acids is 1. The van der Waals surface area contributed by atoms with Crippen molar-refractivity contribution in [2.75, 3.05) is 6.61 Å². The lowest BCUT2D eigenvalue weighted by atomic mass is 9.87. The van der Waals surface area contributed by atoms with Crippen LogP contribution in [0.3, 0.4) is 0 Å². The van der Waals surface area contributed by atoms with Crippen molar-refractivity contribution in [3.05, 3.63) is 51.9 Å². The second-order valence-electron chi connectivity index (χ2n) is 9.18. The molecule has 1 saturated heterocycles. The zero-order valence-electron chi connectivity index (χ0n) is 16.7. The molecule has 0 amide bonds. The van der Waals surface area contributed by atoms with Crippen molar-refractivity contribution in [1.82, 2.24) is 14.7 Å². The highest BCUT2D eigenvalue weighted by Crippen LogP contribution is 2.56. The van der Waals surface area contributed by atoms with Gasteiger partial charge in [0.05, 0.1) is 5.60 Å². The summed E-state index contributed by atoms with van der Waals surface area (Å²) in [5.41, 5.74) is 1.64. The number of aromatic amines is 1. The van der Waals surface area contributed by atoms with Crippen LogP contribution in [-0.2, 0) is 10.3 Å². The first kappa shape index (κ1) is 17.9. The summed E-state index contributed by atoms with van der Waals surface area (Å²) in [6.07, 6.45) is 4.99. The molecule has 1 aromatic carbocycles. The smallest absolute Gasteiger partial charge is 0.438 e. The number of hydrogen-bond donors (Lipinski definition) is 2. The second-order valence-corrected chi connectivity index (χ2v) is 9.18. The van der Waals surface area contributed by atoms with Gasteiger partial charge in [0.25, 0.3) is 0 Å². The Morgan fingerprint density at radius 2 is 2.10 bits per heavy atom. The molecule has 3 fully saturated rings. The molecule has 1 aliphatic heterocycles. The van der Waals surface area contributed by atoms with E-state index in [2.05, 4.69) is 22.3 Å². The van der Waals surface area contributed by atoms with Gasteiger partial charge < -0.3 is 14.4 Å². The maximum absolute atomic E-state index is 12.1. The van der Waals surface area contributed by atoms with Gasteiger partial charge in [-0.2, -0.15) is 0 Å². The first-order valence-corrected chi connectivity index (χ1v) is 10.5. The Kier molecular flexibility index (Phi) is 3.50. The van der Waals surface area contributed by atoms with Crippen molar-refractivity contribution in [2.45, 2.75) is 56.1 Å². The molecule has 2 saturated carbocycles. The molecular formula is C22H23N3O5. The van der Waals surface area contributed by atoms with Gasteiger partial charge in [-0.05, 0) is 67.7 Å². The van der Waals surface area contributed by atoms with Crippen LogP contribution in [0.1, 0.15) is 66.8 Å². The predicted octanol–water partition coefficient (Wildman–Crippen LogP) is 3.23. The number of nitrogens with zero attached hydrogens (tertiary/aromatic N) is 2. The Labute approximate surface area is 171 Å². The Hall–Kier alpha value is -2.87. The van der Waals surface area contributed by atoms with E-state index in [1.54, 1.807) is 6.07 Å². The molecule has 3 atom stereocenters. The second kappa shape index (κ2) is 5.85. The van der Waals surface area contributed by atoms with Crippen molar-refractivity contribution >= 4 is 16.9 Å². The summed E-state index contributed by atoms with van der Waals surface area (Å²) in [6, 6.07) is 7.98. The number of nitrogens with one attached hydrogen (secondary N) is 1. The monoisotopic (exact) mass is 409 g/mol. The first-order chi connectivity index (χ1) is 14.4. The molecule has 156 valence electrons. The molecule has 0 radical (unpaired) electrons. The summed E-state index contributed by atoms with van der Waals surface area (Å²) in [7, 11) is 0. The van der Waals surface area contributed by atoms with Crippen LogP contribution in [0.5, 0.6) is 0 Å². The average molecular weight is 409 g/mol. The van der Waals surface area contributed by atoms with E-state index in [-0.39, 0.29) is 17.2 Å². The molecule has 8 heteroatoms.